The summed E-state index contributed by atoms with van der Waals surface area (Å²) in [6, 6.07) is -2.76. The molecular weight excluding hydrogens is 1060 g/mol. The van der Waals surface area contributed by atoms with Crippen LogP contribution in [0.25, 0.3) is 0 Å². The fourth-order valence-electron chi connectivity index (χ4n) is 7.56. The molecule has 0 bridgehead atoms. The molecule has 0 aliphatic rings. The lowest BCUT2D eigenvalue weighted by molar-refractivity contribution is -0.163. The van der Waals surface area contributed by atoms with Crippen molar-refractivity contribution in [2.24, 2.45) is 20.4 Å². The fourth-order valence-corrected chi connectivity index (χ4v) is 7.56. The number of hydrogen-bond donors (Lipinski definition) is 1. The minimum atomic E-state index is -1.06. The topological polar surface area (TPSA) is 337 Å². The van der Waals surface area contributed by atoms with Gasteiger partial charge in [-0.15, -0.1) is 0 Å². The van der Waals surface area contributed by atoms with Gasteiger partial charge in [-0.3, -0.25) is 24.0 Å². The van der Waals surface area contributed by atoms with Gasteiger partial charge in [0.25, 0.3) is 0 Å². The quantitative estimate of drug-likeness (QED) is 0.0204. The van der Waals surface area contributed by atoms with Gasteiger partial charge in [-0.1, -0.05) is 32.6 Å². The van der Waals surface area contributed by atoms with E-state index >= 15 is 0 Å². The minimum Gasteiger partial charge on any atom is -0.466 e. The number of carbonyl (C=O) groups is 9. The Bertz CT molecular complexity index is 1780. The predicted octanol–water partition coefficient (Wildman–Crippen LogP) is 7.38. The SMILES string of the molecule is CCOC(=O)C(CCCCCC(=O)OCCCCCC(=O)OCC(CC)(COC(=O)CCCCCOC(=O)CCCCCC(N=C=O)C(=O)OCC)COC(=O)CCCCCOC(=O)NCCCCC(N=C=O)C(=O)OCC)N=C=O. The summed E-state index contributed by atoms with van der Waals surface area (Å²) in [6.07, 6.45) is 14.1. The smallest absolute Gasteiger partial charge is 0.407 e. The number of rotatable bonds is 51. The molecule has 0 aromatic rings. The van der Waals surface area contributed by atoms with E-state index in [9.17, 15) is 57.5 Å². The van der Waals surface area contributed by atoms with Crippen molar-refractivity contribution in [1.29, 1.82) is 0 Å². The molecule has 81 heavy (non-hydrogen) atoms. The molecule has 3 unspecified atom stereocenters. The lowest BCUT2D eigenvalue weighted by Crippen LogP contribution is -2.39. The zero-order valence-electron chi connectivity index (χ0n) is 48.1. The van der Waals surface area contributed by atoms with E-state index in [2.05, 4.69) is 20.3 Å². The lowest BCUT2D eigenvalue weighted by Gasteiger charge is -2.31. The number of nitrogens with one attached hydrogen (secondary N) is 1. The zero-order chi connectivity index (χ0) is 60.2. The number of isocyanates is 3. The summed E-state index contributed by atoms with van der Waals surface area (Å²) >= 11 is 0. The van der Waals surface area contributed by atoms with E-state index in [1.54, 1.807) is 27.7 Å². The van der Waals surface area contributed by atoms with E-state index in [0.29, 0.717) is 128 Å². The van der Waals surface area contributed by atoms with Crippen molar-refractivity contribution in [3.63, 3.8) is 0 Å². The number of amides is 1. The van der Waals surface area contributed by atoms with Gasteiger partial charge in [0, 0.05) is 38.6 Å². The first-order valence-electron chi connectivity index (χ1n) is 28.5. The van der Waals surface area contributed by atoms with Crippen LogP contribution in [0.4, 0.5) is 4.79 Å². The Hall–Kier alpha value is -6.83. The molecule has 3 atom stereocenters. The van der Waals surface area contributed by atoms with Gasteiger partial charge < -0.3 is 47.9 Å². The normalized spacial score (nSPS) is 12.4. The molecule has 458 valence electrons. The van der Waals surface area contributed by atoms with Crippen LogP contribution in [0.5, 0.6) is 0 Å². The van der Waals surface area contributed by atoms with Crippen molar-refractivity contribution in [3.05, 3.63) is 0 Å². The minimum absolute atomic E-state index is 0.0493. The van der Waals surface area contributed by atoms with Crippen molar-refractivity contribution in [2.45, 2.75) is 213 Å². The van der Waals surface area contributed by atoms with Gasteiger partial charge in [-0.25, -0.2) is 33.6 Å². The summed E-state index contributed by atoms with van der Waals surface area (Å²) < 4.78 is 47.4. The van der Waals surface area contributed by atoms with E-state index in [4.69, 9.17) is 42.6 Å². The summed E-state index contributed by atoms with van der Waals surface area (Å²) in [6.45, 7) is 7.34. The van der Waals surface area contributed by atoms with Gasteiger partial charge in [0.05, 0.1) is 45.1 Å². The first-order valence-corrected chi connectivity index (χ1v) is 28.5. The number of alkyl carbamates (subject to hydrolysis) is 1. The highest BCUT2D eigenvalue weighted by molar-refractivity contribution is 5.78. The van der Waals surface area contributed by atoms with Crippen molar-refractivity contribution in [3.8, 4) is 0 Å². The molecule has 1 amide bonds. The molecule has 0 aromatic heterocycles. The van der Waals surface area contributed by atoms with Crippen LogP contribution in [0.1, 0.15) is 195 Å². The third-order valence-electron chi connectivity index (χ3n) is 12.4. The standard InChI is InChI=1S/C56H88N4O21/c1-5-56(38-79-49(66)31-18-11-23-35-76-47(64)29-16-9-14-26-44(58-41-61)52(69)73-6-2,39-80-50(67)32-19-12-24-36-77-48(65)30-17-10-15-27-45(59-42-62)53(70)74-7-3)40-81-51(68)33-20-13-25-37-78-55(72)57-34-22-21-28-46(60-43-63)54(71)75-8-4/h44-46H,5-40H2,1-4H3,(H,57,72). The van der Waals surface area contributed by atoms with Crippen molar-refractivity contribution in [1.82, 2.24) is 5.32 Å². The Balaban J connectivity index is 4.98. The molecule has 25 heteroatoms. The highest BCUT2D eigenvalue weighted by Gasteiger charge is 2.34. The molecule has 1 N–H and O–H groups in total. The maximum atomic E-state index is 12.9. The van der Waals surface area contributed by atoms with Crippen molar-refractivity contribution in [2.75, 3.05) is 66.0 Å². The largest absolute Gasteiger partial charge is 0.466 e. The van der Waals surface area contributed by atoms with Crippen LogP contribution >= 0.6 is 0 Å². The summed E-state index contributed by atoms with van der Waals surface area (Å²) in [7, 11) is 0. The average Bonchev–Trinajstić information content (AvgIpc) is 3.45. The lowest BCUT2D eigenvalue weighted by atomic mass is 9.88. The monoisotopic (exact) mass is 1150 g/mol. The van der Waals surface area contributed by atoms with E-state index in [-0.39, 0.29) is 116 Å². The first-order chi connectivity index (χ1) is 39.1. The van der Waals surface area contributed by atoms with Gasteiger partial charge >= 0.3 is 53.8 Å². The van der Waals surface area contributed by atoms with Crippen LogP contribution in [-0.2, 0) is 95.4 Å². The summed E-state index contributed by atoms with van der Waals surface area (Å²) in [5, 5.41) is 2.61. The predicted molar refractivity (Wildman–Crippen MR) is 288 cm³/mol. The summed E-state index contributed by atoms with van der Waals surface area (Å²) in [4.78, 5) is 153. The number of ether oxygens (including phenoxy) is 9. The van der Waals surface area contributed by atoms with Crippen LogP contribution in [0.2, 0.25) is 0 Å². The van der Waals surface area contributed by atoms with Crippen LogP contribution in [0, 0.1) is 5.41 Å². The molecule has 0 aliphatic carbocycles. The van der Waals surface area contributed by atoms with Crippen LogP contribution < -0.4 is 5.32 Å². The maximum Gasteiger partial charge on any atom is 0.407 e. The Kier molecular flexibility index (Phi) is 45.9. The van der Waals surface area contributed by atoms with Crippen molar-refractivity contribution < 1.29 is 100 Å². The highest BCUT2D eigenvalue weighted by Crippen LogP contribution is 2.26. The molecule has 0 radical (unpaired) electrons. The number of carbonyl (C=O) groups excluding carboxylic acids is 12. The van der Waals surface area contributed by atoms with Gasteiger partial charge in [0.1, 0.15) is 19.8 Å². The molecule has 0 heterocycles. The molecule has 0 aromatic carbocycles. The van der Waals surface area contributed by atoms with Gasteiger partial charge in [0.15, 0.2) is 18.1 Å². The highest BCUT2D eigenvalue weighted by atomic mass is 16.6. The zero-order valence-corrected chi connectivity index (χ0v) is 48.1. The number of nitrogens with zero attached hydrogens (tertiary/aromatic N) is 3. The average molecular weight is 1150 g/mol. The Morgan fingerprint density at radius 1 is 0.370 bits per heavy atom. The second-order valence-electron chi connectivity index (χ2n) is 18.9. The van der Waals surface area contributed by atoms with Gasteiger partial charge in [-0.2, -0.15) is 15.0 Å². The van der Waals surface area contributed by atoms with Crippen LogP contribution in [0.15, 0.2) is 15.0 Å². The molecule has 0 spiro atoms. The fraction of sp³-hybridized carbons (Fsp3) is 0.786. The Morgan fingerprint density at radius 3 is 0.975 bits per heavy atom. The third kappa shape index (κ3) is 40.9. The van der Waals surface area contributed by atoms with Crippen LogP contribution in [0.3, 0.4) is 0 Å². The molecule has 0 rings (SSSR count). The molecule has 0 aliphatic heterocycles. The first kappa shape index (κ1) is 74.2. The summed E-state index contributed by atoms with van der Waals surface area (Å²) in [5.74, 6) is -4.09. The van der Waals surface area contributed by atoms with E-state index in [0.717, 1.165) is 0 Å². The third-order valence-corrected chi connectivity index (χ3v) is 12.4. The van der Waals surface area contributed by atoms with E-state index < -0.39 is 65.4 Å². The molecule has 25 nitrogen and oxygen atoms in total. The van der Waals surface area contributed by atoms with E-state index in [1.807, 2.05) is 0 Å². The number of hydrogen-bond acceptors (Lipinski definition) is 24. The second-order valence-corrected chi connectivity index (χ2v) is 18.9. The van der Waals surface area contributed by atoms with Crippen molar-refractivity contribution >= 4 is 72.1 Å². The van der Waals surface area contributed by atoms with Gasteiger partial charge in [0.2, 0.25) is 18.2 Å². The molecule has 0 saturated carbocycles. The Labute approximate surface area is 475 Å². The second kappa shape index (κ2) is 50.2. The maximum absolute atomic E-state index is 12.9. The van der Waals surface area contributed by atoms with E-state index in [1.165, 1.54) is 18.2 Å². The Morgan fingerprint density at radius 2 is 0.667 bits per heavy atom. The molecular formula is C56H88N4O21. The number of unbranched alkanes of at least 4 members (excludes halogenated alkanes) is 11. The number of aliphatic imine (C=N–C) groups is 3. The summed E-state index contributed by atoms with van der Waals surface area (Å²) in [5.41, 5.74) is -1.06. The number of esters is 8. The van der Waals surface area contributed by atoms with Crippen LogP contribution in [-0.4, -0.2) is 156 Å². The molecule has 0 saturated heterocycles. The van der Waals surface area contributed by atoms with Gasteiger partial charge in [-0.05, 0) is 130 Å². The molecule has 0 fully saturated rings.